The molecule has 2 aromatic heterocycles. The number of hydrogen-bond acceptors (Lipinski definition) is 5. The Hall–Kier alpha value is -3.42. The van der Waals surface area contributed by atoms with Gasteiger partial charge in [-0.25, -0.2) is 0 Å². The first-order chi connectivity index (χ1) is 12.5. The van der Waals surface area contributed by atoms with Gasteiger partial charge >= 0.3 is 5.69 Å². The smallest absolute Gasteiger partial charge is 0.312 e. The Morgan fingerprint density at radius 2 is 1.96 bits per heavy atom. The van der Waals surface area contributed by atoms with Crippen molar-refractivity contribution in [2.45, 2.75) is 26.9 Å². The van der Waals surface area contributed by atoms with Crippen molar-refractivity contribution in [2.75, 3.05) is 4.90 Å². The number of rotatable bonds is 6. The van der Waals surface area contributed by atoms with Crippen LogP contribution in [-0.2, 0) is 17.9 Å². The minimum Gasteiger partial charge on any atom is -0.467 e. The molecule has 0 fully saturated rings. The van der Waals surface area contributed by atoms with Crippen molar-refractivity contribution >= 4 is 17.3 Å². The second-order valence-corrected chi connectivity index (χ2v) is 5.83. The van der Waals surface area contributed by atoms with Gasteiger partial charge in [0.2, 0.25) is 5.91 Å². The Bertz CT molecular complexity index is 916. The van der Waals surface area contributed by atoms with Crippen molar-refractivity contribution < 1.29 is 14.1 Å². The Labute approximate surface area is 149 Å². The van der Waals surface area contributed by atoms with E-state index in [1.807, 2.05) is 30.3 Å². The van der Waals surface area contributed by atoms with Gasteiger partial charge in [0.1, 0.15) is 23.7 Å². The zero-order chi connectivity index (χ0) is 18.7. The normalized spacial score (nSPS) is 10.7. The summed E-state index contributed by atoms with van der Waals surface area (Å²) in [6, 6.07) is 12.7. The number of para-hydroxylation sites is 1. The van der Waals surface area contributed by atoms with Crippen LogP contribution in [0.4, 0.5) is 11.4 Å². The van der Waals surface area contributed by atoms with Gasteiger partial charge in [-0.05, 0) is 38.1 Å². The minimum absolute atomic E-state index is 0.0601. The number of carbonyl (C=O) groups excluding carboxylic acids is 1. The highest BCUT2D eigenvalue weighted by Gasteiger charge is 2.25. The van der Waals surface area contributed by atoms with Gasteiger partial charge in [0.25, 0.3) is 0 Å². The molecule has 0 aliphatic heterocycles. The van der Waals surface area contributed by atoms with Crippen LogP contribution in [0, 0.1) is 24.0 Å². The number of nitro groups is 1. The van der Waals surface area contributed by atoms with E-state index in [1.54, 1.807) is 37.1 Å². The van der Waals surface area contributed by atoms with Crippen LogP contribution in [-0.4, -0.2) is 20.6 Å². The molecule has 1 aromatic carbocycles. The van der Waals surface area contributed by atoms with Crippen LogP contribution in [0.15, 0.2) is 53.1 Å². The average Bonchev–Trinajstić information content (AvgIpc) is 3.21. The maximum Gasteiger partial charge on any atom is 0.312 e. The Morgan fingerprint density at radius 1 is 1.23 bits per heavy atom. The van der Waals surface area contributed by atoms with Crippen LogP contribution in [0.2, 0.25) is 0 Å². The Morgan fingerprint density at radius 3 is 2.54 bits per heavy atom. The average molecular weight is 354 g/mol. The lowest BCUT2D eigenvalue weighted by atomic mass is 10.2. The highest BCUT2D eigenvalue weighted by molar-refractivity contribution is 5.93. The van der Waals surface area contributed by atoms with Crippen LogP contribution >= 0.6 is 0 Å². The second-order valence-electron chi connectivity index (χ2n) is 5.83. The summed E-state index contributed by atoms with van der Waals surface area (Å²) in [4.78, 5) is 25.2. The topological polar surface area (TPSA) is 94.4 Å². The van der Waals surface area contributed by atoms with Gasteiger partial charge in [-0.1, -0.05) is 18.2 Å². The van der Waals surface area contributed by atoms with Crippen molar-refractivity contribution in [1.82, 2.24) is 9.78 Å². The molecule has 8 heteroatoms. The standard InChI is InChI=1S/C18H18N4O4/c1-13-18(22(24)25)14(2)21(19-13)12-17(23)20(11-16-9-6-10-26-16)15-7-4-3-5-8-15/h3-10H,11-12H2,1-2H3. The highest BCUT2D eigenvalue weighted by atomic mass is 16.6. The van der Waals surface area contributed by atoms with Crippen molar-refractivity contribution in [3.05, 3.63) is 76.0 Å². The van der Waals surface area contributed by atoms with Gasteiger partial charge in [-0.3, -0.25) is 19.6 Å². The molecule has 1 amide bonds. The maximum absolute atomic E-state index is 12.9. The number of benzene rings is 1. The molecule has 2 heterocycles. The van der Waals surface area contributed by atoms with Crippen LogP contribution in [0.5, 0.6) is 0 Å². The number of carbonyl (C=O) groups is 1. The molecule has 0 saturated heterocycles. The fourth-order valence-corrected chi connectivity index (χ4v) is 2.81. The van der Waals surface area contributed by atoms with E-state index < -0.39 is 4.92 Å². The molecule has 134 valence electrons. The van der Waals surface area contributed by atoms with E-state index in [1.165, 1.54) is 4.68 Å². The van der Waals surface area contributed by atoms with E-state index in [2.05, 4.69) is 5.10 Å². The van der Waals surface area contributed by atoms with Crippen LogP contribution < -0.4 is 4.90 Å². The Kier molecular flexibility index (Phi) is 4.83. The van der Waals surface area contributed by atoms with Gasteiger partial charge in [-0.15, -0.1) is 0 Å². The molecule has 3 rings (SSSR count). The van der Waals surface area contributed by atoms with Gasteiger partial charge in [0.05, 0.1) is 17.7 Å². The predicted octanol–water partition coefficient (Wildman–Crippen LogP) is 3.23. The van der Waals surface area contributed by atoms with Crippen LogP contribution in [0.25, 0.3) is 0 Å². The molecule has 0 aliphatic carbocycles. The molecule has 8 nitrogen and oxygen atoms in total. The number of nitrogens with zero attached hydrogens (tertiary/aromatic N) is 4. The summed E-state index contributed by atoms with van der Waals surface area (Å²) < 4.78 is 6.73. The summed E-state index contributed by atoms with van der Waals surface area (Å²) in [7, 11) is 0. The zero-order valence-corrected chi connectivity index (χ0v) is 14.5. The lowest BCUT2D eigenvalue weighted by Gasteiger charge is -2.22. The SMILES string of the molecule is Cc1nn(CC(=O)N(Cc2ccco2)c2ccccc2)c(C)c1[N+](=O)[O-]. The fourth-order valence-electron chi connectivity index (χ4n) is 2.81. The number of anilines is 1. The molecule has 0 saturated carbocycles. The predicted molar refractivity (Wildman–Crippen MR) is 94.7 cm³/mol. The molecule has 0 bridgehead atoms. The second kappa shape index (κ2) is 7.22. The first kappa shape index (κ1) is 17.4. The molecule has 0 radical (unpaired) electrons. The summed E-state index contributed by atoms with van der Waals surface area (Å²) in [5, 5.41) is 15.3. The molecule has 0 unspecified atom stereocenters. The van der Waals surface area contributed by atoms with Gasteiger partial charge in [0, 0.05) is 5.69 Å². The number of aryl methyl sites for hydroxylation is 1. The molecule has 0 N–H and O–H groups in total. The van der Waals surface area contributed by atoms with Crippen molar-refractivity contribution in [3.63, 3.8) is 0 Å². The van der Waals surface area contributed by atoms with Gasteiger partial charge < -0.3 is 9.32 Å². The van der Waals surface area contributed by atoms with Crippen LogP contribution in [0.1, 0.15) is 17.1 Å². The Balaban J connectivity index is 1.89. The summed E-state index contributed by atoms with van der Waals surface area (Å²) in [6.45, 7) is 3.31. The monoisotopic (exact) mass is 354 g/mol. The van der Waals surface area contributed by atoms with E-state index in [9.17, 15) is 14.9 Å². The van der Waals surface area contributed by atoms with Gasteiger partial charge in [0.15, 0.2) is 0 Å². The molecule has 0 aliphatic rings. The first-order valence-corrected chi connectivity index (χ1v) is 8.03. The number of aromatic nitrogens is 2. The van der Waals surface area contributed by atoms with Gasteiger partial charge in [-0.2, -0.15) is 5.10 Å². The molecule has 0 atom stereocenters. The van der Waals surface area contributed by atoms with E-state index in [4.69, 9.17) is 4.42 Å². The van der Waals surface area contributed by atoms with Crippen molar-refractivity contribution in [1.29, 1.82) is 0 Å². The lowest BCUT2D eigenvalue weighted by molar-refractivity contribution is -0.386. The molecule has 26 heavy (non-hydrogen) atoms. The van der Waals surface area contributed by atoms with E-state index in [-0.39, 0.29) is 30.4 Å². The molecular weight excluding hydrogens is 336 g/mol. The van der Waals surface area contributed by atoms with E-state index >= 15 is 0 Å². The summed E-state index contributed by atoms with van der Waals surface area (Å²) >= 11 is 0. The minimum atomic E-state index is -0.476. The van der Waals surface area contributed by atoms with E-state index in [0.717, 1.165) is 0 Å². The summed E-state index contributed by atoms with van der Waals surface area (Å²) in [5.41, 5.74) is 1.30. The van der Waals surface area contributed by atoms with Crippen molar-refractivity contribution in [2.24, 2.45) is 0 Å². The van der Waals surface area contributed by atoms with Crippen LogP contribution in [0.3, 0.4) is 0 Å². The highest BCUT2D eigenvalue weighted by Crippen LogP contribution is 2.23. The third kappa shape index (κ3) is 3.49. The summed E-state index contributed by atoms with van der Waals surface area (Å²) in [5.74, 6) is 0.398. The quantitative estimate of drug-likeness (QED) is 0.500. The molecule has 0 spiro atoms. The lowest BCUT2D eigenvalue weighted by Crippen LogP contribution is -2.33. The largest absolute Gasteiger partial charge is 0.467 e. The van der Waals surface area contributed by atoms with E-state index in [0.29, 0.717) is 17.1 Å². The molecule has 3 aromatic rings. The fraction of sp³-hybridized carbons (Fsp3) is 0.222. The zero-order valence-electron chi connectivity index (χ0n) is 14.5. The van der Waals surface area contributed by atoms with Crippen molar-refractivity contribution in [3.8, 4) is 0 Å². The number of amides is 1. The third-order valence-electron chi connectivity index (χ3n) is 4.07. The third-order valence-corrected chi connectivity index (χ3v) is 4.07. The molecular formula is C18H18N4O4. The number of hydrogen-bond donors (Lipinski definition) is 0. The summed E-state index contributed by atoms with van der Waals surface area (Å²) in [6.07, 6.45) is 1.55. The number of furan rings is 1. The maximum atomic E-state index is 12.9. The first-order valence-electron chi connectivity index (χ1n) is 8.03.